The van der Waals surface area contributed by atoms with E-state index in [0.29, 0.717) is 19.1 Å². The number of hydrogen-bond acceptors (Lipinski definition) is 4. The molecule has 1 amide bonds. The minimum Gasteiger partial charge on any atom is -0.378 e. The van der Waals surface area contributed by atoms with Crippen molar-refractivity contribution in [2.45, 2.75) is 31.7 Å². The minimum atomic E-state index is 0.0556. The third-order valence-corrected chi connectivity index (χ3v) is 4.80. The van der Waals surface area contributed by atoms with Gasteiger partial charge in [-0.2, -0.15) is 5.10 Å². The van der Waals surface area contributed by atoms with Gasteiger partial charge in [-0.25, -0.2) is 0 Å². The molecule has 0 N–H and O–H groups in total. The number of amides is 1. The lowest BCUT2D eigenvalue weighted by atomic mass is 10.00. The topological polar surface area (TPSA) is 50.6 Å². The van der Waals surface area contributed by atoms with Gasteiger partial charge in [-0.1, -0.05) is 6.42 Å². The Morgan fingerprint density at radius 2 is 2.14 bits per heavy atom. The number of nitrogens with zero attached hydrogens (tertiary/aromatic N) is 4. The van der Waals surface area contributed by atoms with Crippen LogP contribution in [0.5, 0.6) is 0 Å². The van der Waals surface area contributed by atoms with Crippen LogP contribution >= 0.6 is 0 Å². The van der Waals surface area contributed by atoms with Crippen molar-refractivity contribution in [3.63, 3.8) is 0 Å². The van der Waals surface area contributed by atoms with Crippen LogP contribution in [0.3, 0.4) is 0 Å². The smallest absolute Gasteiger partial charge is 0.240 e. The van der Waals surface area contributed by atoms with Gasteiger partial charge in [-0.3, -0.25) is 14.4 Å². The van der Waals surface area contributed by atoms with Gasteiger partial charge in [0.2, 0.25) is 5.91 Å². The molecule has 3 heterocycles. The Kier molecular flexibility index (Phi) is 5.10. The van der Waals surface area contributed by atoms with Gasteiger partial charge in [0.05, 0.1) is 19.3 Å². The number of rotatable bonds is 4. The lowest BCUT2D eigenvalue weighted by Gasteiger charge is -2.38. The summed E-state index contributed by atoms with van der Waals surface area (Å²) < 4.78 is 7.28. The van der Waals surface area contributed by atoms with Crippen LogP contribution in [0.15, 0.2) is 12.3 Å². The van der Waals surface area contributed by atoms with Gasteiger partial charge in [0, 0.05) is 45.0 Å². The van der Waals surface area contributed by atoms with Gasteiger partial charge < -0.3 is 9.64 Å². The predicted octanol–water partition coefficient (Wildman–Crippen LogP) is 0.676. The van der Waals surface area contributed by atoms with E-state index >= 15 is 0 Å². The fourth-order valence-corrected chi connectivity index (χ4v) is 3.44. The predicted molar refractivity (Wildman–Crippen MR) is 83.5 cm³/mol. The molecule has 3 rings (SSSR count). The van der Waals surface area contributed by atoms with E-state index in [9.17, 15) is 4.79 Å². The molecule has 0 aromatic carbocycles. The second-order valence-corrected chi connectivity index (χ2v) is 6.18. The summed E-state index contributed by atoms with van der Waals surface area (Å²) in [5.74, 6) is 0.299. The highest BCUT2D eigenvalue weighted by molar-refractivity contribution is 5.82. The average Bonchev–Trinajstić information content (AvgIpc) is 2.98. The number of hydrogen-bond donors (Lipinski definition) is 0. The number of likely N-dealkylation sites (tertiary alicyclic amines) is 1. The lowest BCUT2D eigenvalue weighted by Crippen LogP contribution is -2.53. The Labute approximate surface area is 132 Å². The molecule has 122 valence electrons. The highest BCUT2D eigenvalue weighted by Crippen LogP contribution is 2.20. The van der Waals surface area contributed by atoms with Crippen molar-refractivity contribution >= 4 is 5.91 Å². The molecule has 1 atom stereocenters. The summed E-state index contributed by atoms with van der Waals surface area (Å²) in [4.78, 5) is 17.2. The Balaban J connectivity index is 1.60. The number of carbonyl (C=O) groups excluding carboxylic acids is 1. The van der Waals surface area contributed by atoms with Gasteiger partial charge in [0.1, 0.15) is 0 Å². The third kappa shape index (κ3) is 3.50. The third-order valence-electron chi connectivity index (χ3n) is 4.80. The molecule has 0 bridgehead atoms. The van der Waals surface area contributed by atoms with E-state index in [1.165, 1.54) is 12.1 Å². The molecular formula is C16H26N4O2. The fraction of sp³-hybridized carbons (Fsp3) is 0.750. The number of aryl methyl sites for hydroxylation is 1. The zero-order valence-electron chi connectivity index (χ0n) is 13.4. The molecule has 1 aromatic heterocycles. The minimum absolute atomic E-state index is 0.0556. The Bertz CT molecular complexity index is 496. The van der Waals surface area contributed by atoms with Crippen LogP contribution in [0.2, 0.25) is 0 Å². The van der Waals surface area contributed by atoms with E-state index < -0.39 is 0 Å². The number of piperidine rings is 1. The number of morpholine rings is 1. The molecule has 22 heavy (non-hydrogen) atoms. The normalized spacial score (nSPS) is 23.7. The summed E-state index contributed by atoms with van der Waals surface area (Å²) in [6.45, 7) is 4.79. The SMILES string of the molecule is Cn1nccc1CCN1CCCC[C@@H]1C(=O)N1CCOCC1. The second kappa shape index (κ2) is 7.24. The summed E-state index contributed by atoms with van der Waals surface area (Å²) in [6, 6.07) is 2.11. The molecule has 2 saturated heterocycles. The summed E-state index contributed by atoms with van der Waals surface area (Å²) in [5.41, 5.74) is 1.23. The molecule has 2 aliphatic heterocycles. The summed E-state index contributed by atoms with van der Waals surface area (Å²) >= 11 is 0. The zero-order valence-corrected chi connectivity index (χ0v) is 13.4. The van der Waals surface area contributed by atoms with Gasteiger partial charge in [0.15, 0.2) is 0 Å². The van der Waals surface area contributed by atoms with E-state index in [1.807, 2.05) is 22.8 Å². The summed E-state index contributed by atoms with van der Waals surface area (Å²) in [7, 11) is 1.97. The maximum atomic E-state index is 12.8. The molecule has 0 spiro atoms. The molecule has 0 unspecified atom stereocenters. The number of carbonyl (C=O) groups is 1. The van der Waals surface area contributed by atoms with Crippen molar-refractivity contribution in [3.8, 4) is 0 Å². The van der Waals surface area contributed by atoms with Crippen LogP contribution < -0.4 is 0 Å². The van der Waals surface area contributed by atoms with Crippen LogP contribution in [0.1, 0.15) is 25.0 Å². The summed E-state index contributed by atoms with van der Waals surface area (Å²) in [5, 5.41) is 4.22. The monoisotopic (exact) mass is 306 g/mol. The fourth-order valence-electron chi connectivity index (χ4n) is 3.44. The highest BCUT2D eigenvalue weighted by atomic mass is 16.5. The van der Waals surface area contributed by atoms with Gasteiger partial charge in [-0.05, 0) is 25.5 Å². The molecule has 0 aliphatic carbocycles. The first-order chi connectivity index (χ1) is 10.8. The van der Waals surface area contributed by atoms with E-state index in [-0.39, 0.29) is 6.04 Å². The molecule has 1 aromatic rings. The first-order valence-corrected chi connectivity index (χ1v) is 8.33. The quantitative estimate of drug-likeness (QED) is 0.821. The van der Waals surface area contributed by atoms with Gasteiger partial charge in [0.25, 0.3) is 0 Å². The first-order valence-electron chi connectivity index (χ1n) is 8.33. The molecule has 6 nitrogen and oxygen atoms in total. The van der Waals surface area contributed by atoms with Crippen LogP contribution in [-0.4, -0.2) is 70.9 Å². The van der Waals surface area contributed by atoms with Crippen LogP contribution in [0, 0.1) is 0 Å². The number of aromatic nitrogens is 2. The molecule has 0 saturated carbocycles. The first kappa shape index (κ1) is 15.5. The largest absolute Gasteiger partial charge is 0.378 e. The van der Waals surface area contributed by atoms with Crippen LogP contribution in [-0.2, 0) is 23.0 Å². The Hall–Kier alpha value is -1.40. The summed E-state index contributed by atoms with van der Waals surface area (Å²) in [6.07, 6.45) is 6.12. The molecule has 0 radical (unpaired) electrons. The Morgan fingerprint density at radius 3 is 2.86 bits per heavy atom. The second-order valence-electron chi connectivity index (χ2n) is 6.18. The van der Waals surface area contributed by atoms with Crippen molar-refractivity contribution in [2.24, 2.45) is 7.05 Å². The van der Waals surface area contributed by atoms with Crippen LogP contribution in [0.25, 0.3) is 0 Å². The van der Waals surface area contributed by atoms with Crippen LogP contribution in [0.4, 0.5) is 0 Å². The zero-order chi connectivity index (χ0) is 15.4. The molecular weight excluding hydrogens is 280 g/mol. The van der Waals surface area contributed by atoms with Crippen molar-refractivity contribution < 1.29 is 9.53 Å². The molecule has 2 aliphatic rings. The maximum Gasteiger partial charge on any atom is 0.240 e. The Morgan fingerprint density at radius 1 is 1.32 bits per heavy atom. The van der Waals surface area contributed by atoms with Crippen molar-refractivity contribution in [1.82, 2.24) is 19.6 Å². The van der Waals surface area contributed by atoms with E-state index in [4.69, 9.17) is 4.74 Å². The average molecular weight is 306 g/mol. The van der Waals surface area contributed by atoms with Crippen molar-refractivity contribution in [3.05, 3.63) is 18.0 Å². The standard InChI is InChI=1S/C16H26N4O2/c1-18-14(5-7-17-18)6-9-19-8-3-2-4-15(19)16(21)20-10-12-22-13-11-20/h5,7,15H,2-4,6,8-13H2,1H3/t15-/m1/s1. The lowest BCUT2D eigenvalue weighted by molar-refractivity contribution is -0.142. The van der Waals surface area contributed by atoms with E-state index in [2.05, 4.69) is 16.1 Å². The highest BCUT2D eigenvalue weighted by Gasteiger charge is 2.32. The van der Waals surface area contributed by atoms with Gasteiger partial charge in [-0.15, -0.1) is 0 Å². The van der Waals surface area contributed by atoms with E-state index in [1.54, 1.807) is 0 Å². The van der Waals surface area contributed by atoms with Crippen molar-refractivity contribution in [2.75, 3.05) is 39.4 Å². The van der Waals surface area contributed by atoms with E-state index in [0.717, 1.165) is 45.4 Å². The number of ether oxygens (including phenoxy) is 1. The molecule has 6 heteroatoms. The molecule has 2 fully saturated rings. The maximum absolute atomic E-state index is 12.8. The van der Waals surface area contributed by atoms with Gasteiger partial charge >= 0.3 is 0 Å². The van der Waals surface area contributed by atoms with Crippen molar-refractivity contribution in [1.29, 1.82) is 0 Å².